The number of rotatable bonds is 3. The molecule has 3 N–H and O–H groups in total. The van der Waals surface area contributed by atoms with Crippen LogP contribution in [0.25, 0.3) is 0 Å². The average molecular weight is 248 g/mol. The Morgan fingerprint density at radius 2 is 2.22 bits per heavy atom. The SMILES string of the molecule is CN(C)C(=O)[C@@H]1CC[C@H](Nc2ccc(N)cn2)C1. The summed E-state index contributed by atoms with van der Waals surface area (Å²) in [5.41, 5.74) is 6.25. The third-order valence-corrected chi connectivity index (χ3v) is 3.36. The Bertz CT molecular complexity index is 416. The summed E-state index contributed by atoms with van der Waals surface area (Å²) in [6, 6.07) is 4.03. The summed E-state index contributed by atoms with van der Waals surface area (Å²) in [5.74, 6) is 1.20. The molecule has 18 heavy (non-hydrogen) atoms. The van der Waals surface area contributed by atoms with Crippen LogP contribution in [0.4, 0.5) is 11.5 Å². The van der Waals surface area contributed by atoms with E-state index in [4.69, 9.17) is 5.73 Å². The predicted molar refractivity (Wildman–Crippen MR) is 72.1 cm³/mol. The molecule has 2 atom stereocenters. The Kier molecular flexibility index (Phi) is 3.69. The molecule has 5 nitrogen and oxygen atoms in total. The molecule has 0 spiro atoms. The highest BCUT2D eigenvalue weighted by atomic mass is 16.2. The maximum atomic E-state index is 11.9. The second-order valence-electron chi connectivity index (χ2n) is 5.06. The van der Waals surface area contributed by atoms with Crippen molar-refractivity contribution < 1.29 is 4.79 Å². The highest BCUT2D eigenvalue weighted by Gasteiger charge is 2.30. The second kappa shape index (κ2) is 5.25. The zero-order valence-electron chi connectivity index (χ0n) is 10.9. The van der Waals surface area contributed by atoms with Gasteiger partial charge in [0, 0.05) is 26.1 Å². The van der Waals surface area contributed by atoms with Crippen molar-refractivity contribution in [3.05, 3.63) is 18.3 Å². The number of hydrogen-bond acceptors (Lipinski definition) is 4. The van der Waals surface area contributed by atoms with E-state index in [2.05, 4.69) is 10.3 Å². The molecule has 0 aromatic carbocycles. The number of pyridine rings is 1. The molecule has 1 aliphatic carbocycles. The lowest BCUT2D eigenvalue weighted by Crippen LogP contribution is -2.29. The highest BCUT2D eigenvalue weighted by Crippen LogP contribution is 2.28. The van der Waals surface area contributed by atoms with Crippen molar-refractivity contribution in [2.75, 3.05) is 25.1 Å². The number of carbonyl (C=O) groups is 1. The fraction of sp³-hybridized carbons (Fsp3) is 0.538. The molecular weight excluding hydrogens is 228 g/mol. The summed E-state index contributed by atoms with van der Waals surface area (Å²) >= 11 is 0. The minimum absolute atomic E-state index is 0.145. The van der Waals surface area contributed by atoms with Crippen molar-refractivity contribution in [3.63, 3.8) is 0 Å². The van der Waals surface area contributed by atoms with E-state index in [-0.39, 0.29) is 11.8 Å². The fourth-order valence-corrected chi connectivity index (χ4v) is 2.40. The van der Waals surface area contributed by atoms with E-state index in [1.165, 1.54) is 0 Å². The molecule has 98 valence electrons. The van der Waals surface area contributed by atoms with Gasteiger partial charge in [0.1, 0.15) is 5.82 Å². The van der Waals surface area contributed by atoms with Crippen LogP contribution in [-0.4, -0.2) is 35.9 Å². The molecule has 1 fully saturated rings. The third kappa shape index (κ3) is 2.91. The maximum Gasteiger partial charge on any atom is 0.225 e. The van der Waals surface area contributed by atoms with Gasteiger partial charge < -0.3 is 16.0 Å². The van der Waals surface area contributed by atoms with E-state index in [0.717, 1.165) is 25.1 Å². The standard InChI is InChI=1S/C13H20N4O/c1-17(2)13(18)9-3-5-11(7-9)16-12-6-4-10(14)8-15-12/h4,6,8-9,11H,3,5,7,14H2,1-2H3,(H,15,16)/t9-,11+/m1/s1. The number of aromatic nitrogens is 1. The Balaban J connectivity index is 1.90. The molecule has 0 radical (unpaired) electrons. The van der Waals surface area contributed by atoms with Gasteiger partial charge in [-0.1, -0.05) is 0 Å². The van der Waals surface area contributed by atoms with Crippen LogP contribution in [0.2, 0.25) is 0 Å². The lowest BCUT2D eigenvalue weighted by Gasteiger charge is -2.17. The zero-order valence-corrected chi connectivity index (χ0v) is 10.9. The van der Waals surface area contributed by atoms with Gasteiger partial charge >= 0.3 is 0 Å². The lowest BCUT2D eigenvalue weighted by molar-refractivity contribution is -0.132. The summed E-state index contributed by atoms with van der Waals surface area (Å²) in [6.45, 7) is 0. The number of hydrogen-bond donors (Lipinski definition) is 2. The smallest absolute Gasteiger partial charge is 0.225 e. The Labute approximate surface area is 107 Å². The van der Waals surface area contributed by atoms with Gasteiger partial charge in [0.15, 0.2) is 0 Å². The van der Waals surface area contributed by atoms with Crippen molar-refractivity contribution >= 4 is 17.4 Å². The van der Waals surface area contributed by atoms with Gasteiger partial charge in [0.2, 0.25) is 5.91 Å². The molecule has 0 bridgehead atoms. The van der Waals surface area contributed by atoms with Crippen LogP contribution in [0.15, 0.2) is 18.3 Å². The average Bonchev–Trinajstić information content (AvgIpc) is 2.79. The summed E-state index contributed by atoms with van der Waals surface area (Å²) in [5, 5.41) is 3.35. The summed E-state index contributed by atoms with van der Waals surface area (Å²) in [7, 11) is 3.62. The molecule has 0 aliphatic heterocycles. The van der Waals surface area contributed by atoms with E-state index < -0.39 is 0 Å². The summed E-state index contributed by atoms with van der Waals surface area (Å²) in [6.07, 6.45) is 4.47. The minimum atomic E-state index is 0.145. The van der Waals surface area contributed by atoms with Crippen LogP contribution in [-0.2, 0) is 4.79 Å². The van der Waals surface area contributed by atoms with Crippen molar-refractivity contribution in [3.8, 4) is 0 Å². The minimum Gasteiger partial charge on any atom is -0.397 e. The lowest BCUT2D eigenvalue weighted by atomic mass is 10.1. The molecule has 2 rings (SSSR count). The van der Waals surface area contributed by atoms with Gasteiger partial charge in [0.25, 0.3) is 0 Å². The Morgan fingerprint density at radius 3 is 2.83 bits per heavy atom. The number of nitrogens with one attached hydrogen (secondary N) is 1. The van der Waals surface area contributed by atoms with Crippen LogP contribution >= 0.6 is 0 Å². The first-order valence-electron chi connectivity index (χ1n) is 6.25. The normalized spacial score (nSPS) is 22.8. The van der Waals surface area contributed by atoms with E-state index in [0.29, 0.717) is 11.7 Å². The molecule has 1 aliphatic rings. The number of carbonyl (C=O) groups excluding carboxylic acids is 1. The largest absolute Gasteiger partial charge is 0.397 e. The summed E-state index contributed by atoms with van der Waals surface area (Å²) < 4.78 is 0. The van der Waals surface area contributed by atoms with Crippen LogP contribution in [0.3, 0.4) is 0 Å². The molecule has 0 unspecified atom stereocenters. The van der Waals surface area contributed by atoms with Crippen molar-refractivity contribution in [2.24, 2.45) is 5.92 Å². The van der Waals surface area contributed by atoms with Crippen molar-refractivity contribution in [2.45, 2.75) is 25.3 Å². The van der Waals surface area contributed by atoms with E-state index in [1.54, 1.807) is 11.1 Å². The van der Waals surface area contributed by atoms with Crippen LogP contribution in [0, 0.1) is 5.92 Å². The van der Waals surface area contributed by atoms with Crippen molar-refractivity contribution in [1.29, 1.82) is 0 Å². The quantitative estimate of drug-likeness (QED) is 0.846. The zero-order chi connectivity index (χ0) is 13.1. The van der Waals surface area contributed by atoms with Gasteiger partial charge in [0.05, 0.1) is 11.9 Å². The van der Waals surface area contributed by atoms with Gasteiger partial charge in [-0.3, -0.25) is 4.79 Å². The first-order valence-corrected chi connectivity index (χ1v) is 6.25. The van der Waals surface area contributed by atoms with Crippen LogP contribution in [0.1, 0.15) is 19.3 Å². The van der Waals surface area contributed by atoms with Gasteiger partial charge in [-0.05, 0) is 31.4 Å². The predicted octanol–water partition coefficient (Wildman–Crippen LogP) is 1.33. The number of amides is 1. The number of nitrogens with zero attached hydrogens (tertiary/aromatic N) is 2. The number of anilines is 2. The molecule has 1 heterocycles. The van der Waals surface area contributed by atoms with E-state index in [1.807, 2.05) is 26.2 Å². The second-order valence-corrected chi connectivity index (χ2v) is 5.06. The van der Waals surface area contributed by atoms with Gasteiger partial charge in [-0.2, -0.15) is 0 Å². The topological polar surface area (TPSA) is 71.2 Å². The van der Waals surface area contributed by atoms with Gasteiger partial charge in [-0.15, -0.1) is 0 Å². The Hall–Kier alpha value is -1.78. The molecule has 0 saturated heterocycles. The van der Waals surface area contributed by atoms with Gasteiger partial charge in [-0.25, -0.2) is 4.98 Å². The molecule has 5 heteroatoms. The molecule has 1 saturated carbocycles. The van der Waals surface area contributed by atoms with E-state index >= 15 is 0 Å². The maximum absolute atomic E-state index is 11.9. The summed E-state index contributed by atoms with van der Waals surface area (Å²) in [4.78, 5) is 17.7. The van der Waals surface area contributed by atoms with Crippen molar-refractivity contribution in [1.82, 2.24) is 9.88 Å². The first kappa shape index (κ1) is 12.7. The van der Waals surface area contributed by atoms with Crippen LogP contribution in [0.5, 0.6) is 0 Å². The van der Waals surface area contributed by atoms with E-state index in [9.17, 15) is 4.79 Å². The first-order chi connectivity index (χ1) is 8.56. The molecular formula is C13H20N4O. The fourth-order valence-electron chi connectivity index (χ4n) is 2.40. The third-order valence-electron chi connectivity index (χ3n) is 3.36. The Morgan fingerprint density at radius 1 is 1.44 bits per heavy atom. The molecule has 1 aromatic rings. The monoisotopic (exact) mass is 248 g/mol. The highest BCUT2D eigenvalue weighted by molar-refractivity contribution is 5.78. The van der Waals surface area contributed by atoms with Crippen LogP contribution < -0.4 is 11.1 Å². The molecule has 1 amide bonds. The molecule has 1 aromatic heterocycles. The number of nitrogen functional groups attached to an aromatic ring is 1. The number of nitrogens with two attached hydrogens (primary N) is 1.